The average Bonchev–Trinajstić information content (AvgIpc) is 2.99. The molecule has 0 bridgehead atoms. The molecule has 9 nitrogen and oxygen atoms in total. The Morgan fingerprint density at radius 3 is 2.86 bits per heavy atom. The molecule has 0 aliphatic rings. The highest BCUT2D eigenvalue weighted by atomic mass is 16.5. The number of aromatic nitrogens is 4. The Labute approximate surface area is 162 Å². The van der Waals surface area contributed by atoms with Crippen molar-refractivity contribution in [2.45, 2.75) is 26.7 Å². The normalized spacial score (nSPS) is 11.8. The minimum absolute atomic E-state index is 0.243. The van der Waals surface area contributed by atoms with Gasteiger partial charge in [-0.05, 0) is 31.5 Å². The van der Waals surface area contributed by atoms with Crippen LogP contribution in [0.5, 0.6) is 5.75 Å². The van der Waals surface area contributed by atoms with Gasteiger partial charge in [0, 0.05) is 19.8 Å². The SMILES string of the molecule is CCCc1nn(C)c2c(=O)[nH]c(-c3cc(NC(N)=NC)ccc3OCC)nc12. The smallest absolute Gasteiger partial charge is 0.277 e. The average molecular weight is 383 g/mol. The number of benzene rings is 1. The lowest BCUT2D eigenvalue weighted by Gasteiger charge is -2.13. The van der Waals surface area contributed by atoms with Crippen molar-refractivity contribution in [1.29, 1.82) is 0 Å². The van der Waals surface area contributed by atoms with E-state index in [0.717, 1.165) is 18.5 Å². The van der Waals surface area contributed by atoms with E-state index in [1.165, 1.54) is 0 Å². The number of fused-ring (bicyclic) bond motifs is 1. The molecule has 0 spiro atoms. The highest BCUT2D eigenvalue weighted by molar-refractivity contribution is 5.93. The minimum Gasteiger partial charge on any atom is -0.493 e. The highest BCUT2D eigenvalue weighted by Crippen LogP contribution is 2.31. The quantitative estimate of drug-likeness (QED) is 0.442. The number of guanidine groups is 1. The van der Waals surface area contributed by atoms with E-state index in [1.807, 2.05) is 25.1 Å². The third-order valence-electron chi connectivity index (χ3n) is 4.30. The fraction of sp³-hybridized carbons (Fsp3) is 0.368. The van der Waals surface area contributed by atoms with Crippen molar-refractivity contribution < 1.29 is 4.74 Å². The number of hydrogen-bond donors (Lipinski definition) is 3. The van der Waals surface area contributed by atoms with E-state index in [2.05, 4.69) is 27.3 Å². The number of anilines is 1. The second-order valence-corrected chi connectivity index (χ2v) is 6.31. The molecule has 0 atom stereocenters. The molecule has 0 unspecified atom stereocenters. The molecule has 3 rings (SSSR count). The molecule has 28 heavy (non-hydrogen) atoms. The first-order chi connectivity index (χ1) is 13.5. The van der Waals surface area contributed by atoms with Crippen molar-refractivity contribution in [3.63, 3.8) is 0 Å². The molecule has 2 aromatic heterocycles. The summed E-state index contributed by atoms with van der Waals surface area (Å²) in [6, 6.07) is 5.46. The zero-order valence-electron chi connectivity index (χ0n) is 16.5. The largest absolute Gasteiger partial charge is 0.493 e. The van der Waals surface area contributed by atoms with Gasteiger partial charge in [0.1, 0.15) is 17.1 Å². The van der Waals surface area contributed by atoms with Gasteiger partial charge in [0.2, 0.25) is 0 Å². The summed E-state index contributed by atoms with van der Waals surface area (Å²) < 4.78 is 7.32. The van der Waals surface area contributed by atoms with Gasteiger partial charge in [-0.2, -0.15) is 5.10 Å². The molecule has 3 aromatic rings. The minimum atomic E-state index is -0.243. The molecule has 0 saturated heterocycles. The standard InChI is InChI=1S/C19H25N7O2/c1-5-7-13-15-16(26(4)25-13)18(27)24-17(23-15)12-10-11(22-19(20)21-3)8-9-14(12)28-6-2/h8-10H,5-7H2,1-4H3,(H3,20,21,22)(H,23,24,27). The van der Waals surface area contributed by atoms with Crippen LogP contribution in [0.3, 0.4) is 0 Å². The molecule has 0 aliphatic carbocycles. The summed E-state index contributed by atoms with van der Waals surface area (Å²) in [6.07, 6.45) is 1.66. The number of hydrogen-bond acceptors (Lipinski definition) is 5. The Morgan fingerprint density at radius 1 is 1.39 bits per heavy atom. The van der Waals surface area contributed by atoms with Gasteiger partial charge in [0.25, 0.3) is 5.56 Å². The van der Waals surface area contributed by atoms with Crippen LogP contribution in [0, 0.1) is 0 Å². The lowest BCUT2D eigenvalue weighted by molar-refractivity contribution is 0.341. The van der Waals surface area contributed by atoms with Crippen LogP contribution in [0.1, 0.15) is 26.0 Å². The van der Waals surface area contributed by atoms with Crippen LogP contribution in [0.25, 0.3) is 22.4 Å². The predicted octanol–water partition coefficient (Wildman–Crippen LogP) is 2.03. The Bertz CT molecular complexity index is 1080. The van der Waals surface area contributed by atoms with E-state index in [0.29, 0.717) is 40.5 Å². The summed E-state index contributed by atoms with van der Waals surface area (Å²) in [5, 5.41) is 7.45. The van der Waals surface area contributed by atoms with Gasteiger partial charge in [0.05, 0.1) is 17.9 Å². The lowest BCUT2D eigenvalue weighted by Crippen LogP contribution is -2.22. The molecule has 4 N–H and O–H groups in total. The van der Waals surface area contributed by atoms with Crippen LogP contribution in [0.4, 0.5) is 5.69 Å². The van der Waals surface area contributed by atoms with E-state index in [4.69, 9.17) is 15.5 Å². The maximum atomic E-state index is 12.7. The Kier molecular flexibility index (Phi) is 5.62. The maximum absolute atomic E-state index is 12.7. The van der Waals surface area contributed by atoms with Gasteiger partial charge < -0.3 is 20.8 Å². The zero-order valence-corrected chi connectivity index (χ0v) is 16.5. The lowest BCUT2D eigenvalue weighted by atomic mass is 10.1. The first-order valence-corrected chi connectivity index (χ1v) is 9.20. The molecular formula is C19H25N7O2. The molecule has 0 aliphatic heterocycles. The number of nitrogens with two attached hydrogens (primary N) is 1. The monoisotopic (exact) mass is 383 g/mol. The molecular weight excluding hydrogens is 358 g/mol. The molecule has 9 heteroatoms. The molecule has 0 saturated carbocycles. The van der Waals surface area contributed by atoms with Crippen molar-refractivity contribution in [3.8, 4) is 17.1 Å². The fourth-order valence-corrected chi connectivity index (χ4v) is 3.06. The Morgan fingerprint density at radius 2 is 2.18 bits per heavy atom. The third-order valence-corrected chi connectivity index (χ3v) is 4.30. The van der Waals surface area contributed by atoms with Crippen LogP contribution >= 0.6 is 0 Å². The van der Waals surface area contributed by atoms with Crippen LogP contribution in [0.15, 0.2) is 28.0 Å². The number of aromatic amines is 1. The summed E-state index contributed by atoms with van der Waals surface area (Å²) in [5.74, 6) is 1.31. The van der Waals surface area contributed by atoms with Gasteiger partial charge in [0.15, 0.2) is 11.5 Å². The van der Waals surface area contributed by atoms with Gasteiger partial charge in [-0.25, -0.2) is 4.98 Å². The first-order valence-electron chi connectivity index (χ1n) is 9.20. The summed E-state index contributed by atoms with van der Waals surface area (Å²) in [5.41, 5.74) is 8.77. The van der Waals surface area contributed by atoms with E-state index >= 15 is 0 Å². The predicted molar refractivity (Wildman–Crippen MR) is 111 cm³/mol. The second-order valence-electron chi connectivity index (χ2n) is 6.31. The van der Waals surface area contributed by atoms with Crippen molar-refractivity contribution in [2.24, 2.45) is 17.8 Å². The van der Waals surface area contributed by atoms with Crippen LogP contribution in [0.2, 0.25) is 0 Å². The molecule has 1 aromatic carbocycles. The molecule has 0 amide bonds. The third kappa shape index (κ3) is 3.68. The van der Waals surface area contributed by atoms with Crippen LogP contribution in [-0.2, 0) is 13.5 Å². The highest BCUT2D eigenvalue weighted by Gasteiger charge is 2.17. The summed E-state index contributed by atoms with van der Waals surface area (Å²) >= 11 is 0. The number of nitrogens with one attached hydrogen (secondary N) is 2. The molecule has 2 heterocycles. The number of rotatable bonds is 6. The number of H-pyrrole nitrogens is 1. The fourth-order valence-electron chi connectivity index (χ4n) is 3.06. The number of ether oxygens (including phenoxy) is 1. The topological polar surface area (TPSA) is 123 Å². The summed E-state index contributed by atoms with van der Waals surface area (Å²) in [4.78, 5) is 24.2. The maximum Gasteiger partial charge on any atom is 0.277 e. The van der Waals surface area contributed by atoms with E-state index in [-0.39, 0.29) is 11.5 Å². The van der Waals surface area contributed by atoms with Crippen LogP contribution in [-0.4, -0.2) is 39.4 Å². The van der Waals surface area contributed by atoms with Gasteiger partial charge in [-0.1, -0.05) is 13.3 Å². The Balaban J connectivity index is 2.20. The van der Waals surface area contributed by atoms with Gasteiger partial charge >= 0.3 is 0 Å². The van der Waals surface area contributed by atoms with Gasteiger partial charge in [-0.3, -0.25) is 14.5 Å². The van der Waals surface area contributed by atoms with E-state index in [1.54, 1.807) is 18.8 Å². The van der Waals surface area contributed by atoms with Crippen molar-refractivity contribution in [1.82, 2.24) is 19.7 Å². The van der Waals surface area contributed by atoms with E-state index in [9.17, 15) is 4.79 Å². The van der Waals surface area contributed by atoms with E-state index < -0.39 is 0 Å². The zero-order chi connectivity index (χ0) is 20.3. The number of nitrogens with zero attached hydrogens (tertiary/aromatic N) is 4. The van der Waals surface area contributed by atoms with Crippen molar-refractivity contribution in [3.05, 3.63) is 34.2 Å². The summed E-state index contributed by atoms with van der Waals surface area (Å²) in [7, 11) is 3.35. The van der Waals surface area contributed by atoms with Crippen molar-refractivity contribution in [2.75, 3.05) is 19.0 Å². The molecule has 148 valence electrons. The Hall–Kier alpha value is -3.36. The van der Waals surface area contributed by atoms with Crippen LogP contribution < -0.4 is 21.3 Å². The second kappa shape index (κ2) is 8.12. The number of aliphatic imine (C=N–C) groups is 1. The first kappa shape index (κ1) is 19.4. The number of aryl methyl sites for hydroxylation is 2. The summed E-state index contributed by atoms with van der Waals surface area (Å²) in [6.45, 7) is 4.45. The molecule has 0 fully saturated rings. The van der Waals surface area contributed by atoms with Crippen molar-refractivity contribution >= 4 is 22.7 Å². The van der Waals surface area contributed by atoms with Gasteiger partial charge in [-0.15, -0.1) is 0 Å². The molecule has 0 radical (unpaired) electrons.